The molecule has 0 fully saturated rings. The van der Waals surface area contributed by atoms with Crippen LogP contribution in [0.25, 0.3) is 0 Å². The fourth-order valence-electron chi connectivity index (χ4n) is 1.40. The smallest absolute Gasteiger partial charge is 0.108 e. The Bertz CT molecular complexity index is 141. The van der Waals surface area contributed by atoms with E-state index < -0.39 is 0 Å². The van der Waals surface area contributed by atoms with Crippen molar-refractivity contribution < 1.29 is 0 Å². The van der Waals surface area contributed by atoms with Gasteiger partial charge in [0.1, 0.15) is 5.84 Å². The lowest BCUT2D eigenvalue weighted by molar-refractivity contribution is 0.210. The first-order chi connectivity index (χ1) is 5.54. The van der Waals surface area contributed by atoms with Crippen LogP contribution in [0.15, 0.2) is 0 Å². The number of hydrogen-bond acceptors (Lipinski definition) is 2. The van der Waals surface area contributed by atoms with Crippen molar-refractivity contribution in [1.29, 1.82) is 5.41 Å². The van der Waals surface area contributed by atoms with E-state index in [1.54, 1.807) is 0 Å². The quantitative estimate of drug-likeness (QED) is 0.485. The number of nitrogens with two attached hydrogens (primary N) is 1. The van der Waals surface area contributed by atoms with E-state index >= 15 is 0 Å². The molecule has 12 heavy (non-hydrogen) atoms. The van der Waals surface area contributed by atoms with Gasteiger partial charge in [0.15, 0.2) is 0 Å². The Hall–Kier alpha value is -0.570. The average molecular weight is 171 g/mol. The predicted octanol–water partition coefficient (Wildman–Crippen LogP) is 1.43. The van der Waals surface area contributed by atoms with Gasteiger partial charge in [0, 0.05) is 6.04 Å². The first kappa shape index (κ1) is 11.4. The van der Waals surface area contributed by atoms with Crippen LogP contribution in [-0.4, -0.2) is 29.9 Å². The molecule has 0 aliphatic carbocycles. The van der Waals surface area contributed by atoms with Gasteiger partial charge < -0.3 is 5.73 Å². The van der Waals surface area contributed by atoms with Gasteiger partial charge in [-0.2, -0.15) is 0 Å². The molecule has 3 N–H and O–H groups in total. The summed E-state index contributed by atoms with van der Waals surface area (Å²) in [5, 5.41) is 7.31. The molecule has 0 radical (unpaired) electrons. The van der Waals surface area contributed by atoms with Gasteiger partial charge in [-0.1, -0.05) is 13.8 Å². The topological polar surface area (TPSA) is 53.1 Å². The maximum absolute atomic E-state index is 7.31. The Morgan fingerprint density at radius 2 is 1.83 bits per heavy atom. The molecule has 0 aromatic carbocycles. The summed E-state index contributed by atoms with van der Waals surface area (Å²) in [6.45, 7) is 6.30. The highest BCUT2D eigenvalue weighted by molar-refractivity contribution is 5.82. The van der Waals surface area contributed by atoms with Gasteiger partial charge in [0.05, 0.1) is 6.04 Å². The molecule has 0 saturated carbocycles. The molecule has 72 valence electrons. The Labute approximate surface area is 75.4 Å². The van der Waals surface area contributed by atoms with Crippen molar-refractivity contribution in [2.75, 3.05) is 7.05 Å². The van der Waals surface area contributed by atoms with Crippen molar-refractivity contribution in [3.8, 4) is 0 Å². The molecular weight excluding hydrogens is 150 g/mol. The third-order valence-corrected chi connectivity index (χ3v) is 2.58. The first-order valence-corrected chi connectivity index (χ1v) is 4.60. The molecule has 0 amide bonds. The minimum Gasteiger partial charge on any atom is -0.386 e. The van der Waals surface area contributed by atoms with E-state index in [1.807, 2.05) is 14.0 Å². The standard InChI is InChI=1S/C9H21N3/c1-5-8(6-2)12(4)7(3)9(10)11/h7-8H,5-6H2,1-4H3,(H3,10,11). The van der Waals surface area contributed by atoms with E-state index in [-0.39, 0.29) is 11.9 Å². The third kappa shape index (κ3) is 2.81. The molecule has 0 spiro atoms. The van der Waals surface area contributed by atoms with Crippen molar-refractivity contribution in [2.24, 2.45) is 5.73 Å². The lowest BCUT2D eigenvalue weighted by Gasteiger charge is -2.31. The van der Waals surface area contributed by atoms with Gasteiger partial charge in [-0.25, -0.2) is 0 Å². The first-order valence-electron chi connectivity index (χ1n) is 4.60. The zero-order chi connectivity index (χ0) is 9.72. The fourth-order valence-corrected chi connectivity index (χ4v) is 1.40. The van der Waals surface area contributed by atoms with Crippen LogP contribution in [0.3, 0.4) is 0 Å². The maximum atomic E-state index is 7.31. The molecule has 1 unspecified atom stereocenters. The number of likely N-dealkylation sites (N-methyl/N-ethyl adjacent to an activating group) is 1. The molecule has 3 heteroatoms. The third-order valence-electron chi connectivity index (χ3n) is 2.58. The van der Waals surface area contributed by atoms with Crippen LogP contribution in [0.4, 0.5) is 0 Å². The highest BCUT2D eigenvalue weighted by atomic mass is 15.2. The van der Waals surface area contributed by atoms with Gasteiger partial charge in [0.25, 0.3) is 0 Å². The van der Waals surface area contributed by atoms with Gasteiger partial charge in [-0.3, -0.25) is 10.3 Å². The molecule has 0 heterocycles. The van der Waals surface area contributed by atoms with Gasteiger partial charge in [-0.05, 0) is 26.8 Å². The van der Waals surface area contributed by atoms with Crippen LogP contribution in [0.2, 0.25) is 0 Å². The highest BCUT2D eigenvalue weighted by Crippen LogP contribution is 2.09. The zero-order valence-electron chi connectivity index (χ0n) is 8.59. The normalized spacial score (nSPS) is 13.8. The summed E-state index contributed by atoms with van der Waals surface area (Å²) in [6, 6.07) is 0.610. The number of nitrogens with one attached hydrogen (secondary N) is 1. The Morgan fingerprint density at radius 3 is 2.08 bits per heavy atom. The molecular formula is C9H21N3. The second-order valence-corrected chi connectivity index (χ2v) is 3.27. The summed E-state index contributed by atoms with van der Waals surface area (Å²) in [5.74, 6) is 0.254. The van der Waals surface area contributed by atoms with Crippen molar-refractivity contribution in [1.82, 2.24) is 4.90 Å². The van der Waals surface area contributed by atoms with Gasteiger partial charge >= 0.3 is 0 Å². The van der Waals surface area contributed by atoms with Crippen LogP contribution in [0.5, 0.6) is 0 Å². The molecule has 3 nitrogen and oxygen atoms in total. The predicted molar refractivity (Wildman–Crippen MR) is 53.5 cm³/mol. The SMILES string of the molecule is CCC(CC)N(C)C(C)C(=N)N. The Balaban J connectivity index is 4.14. The highest BCUT2D eigenvalue weighted by Gasteiger charge is 2.18. The molecule has 1 atom stereocenters. The van der Waals surface area contributed by atoms with E-state index in [0.717, 1.165) is 12.8 Å². The molecule has 0 rings (SSSR count). The van der Waals surface area contributed by atoms with Crippen molar-refractivity contribution >= 4 is 5.84 Å². The second-order valence-electron chi connectivity index (χ2n) is 3.27. The summed E-state index contributed by atoms with van der Waals surface area (Å²) in [4.78, 5) is 2.17. The summed E-state index contributed by atoms with van der Waals surface area (Å²) < 4.78 is 0. The monoisotopic (exact) mass is 171 g/mol. The maximum Gasteiger partial charge on any atom is 0.108 e. The molecule has 0 saturated heterocycles. The minimum atomic E-state index is 0.0647. The van der Waals surface area contributed by atoms with E-state index in [9.17, 15) is 0 Å². The molecule has 0 bridgehead atoms. The molecule has 0 aliphatic rings. The number of amidine groups is 1. The van der Waals surface area contributed by atoms with E-state index in [2.05, 4.69) is 18.7 Å². The average Bonchev–Trinajstić information content (AvgIpc) is 2.05. The van der Waals surface area contributed by atoms with Crippen LogP contribution in [0, 0.1) is 5.41 Å². The lowest BCUT2D eigenvalue weighted by Crippen LogP contribution is -2.45. The second kappa shape index (κ2) is 5.14. The molecule has 0 aliphatic heterocycles. The molecule has 0 aromatic rings. The van der Waals surface area contributed by atoms with Crippen LogP contribution in [0.1, 0.15) is 33.6 Å². The summed E-state index contributed by atoms with van der Waals surface area (Å²) in [6.07, 6.45) is 2.23. The largest absolute Gasteiger partial charge is 0.386 e. The molecule has 0 aromatic heterocycles. The van der Waals surface area contributed by atoms with Crippen molar-refractivity contribution in [3.05, 3.63) is 0 Å². The number of hydrogen-bond donors (Lipinski definition) is 2. The van der Waals surface area contributed by atoms with E-state index in [4.69, 9.17) is 11.1 Å². The summed E-state index contributed by atoms with van der Waals surface area (Å²) in [5.41, 5.74) is 5.43. The van der Waals surface area contributed by atoms with Crippen LogP contribution < -0.4 is 5.73 Å². The Morgan fingerprint density at radius 1 is 1.42 bits per heavy atom. The summed E-state index contributed by atoms with van der Waals surface area (Å²) in [7, 11) is 2.03. The fraction of sp³-hybridized carbons (Fsp3) is 0.889. The van der Waals surface area contributed by atoms with E-state index in [0.29, 0.717) is 6.04 Å². The van der Waals surface area contributed by atoms with E-state index in [1.165, 1.54) is 0 Å². The van der Waals surface area contributed by atoms with Crippen molar-refractivity contribution in [3.63, 3.8) is 0 Å². The van der Waals surface area contributed by atoms with Crippen LogP contribution in [-0.2, 0) is 0 Å². The zero-order valence-corrected chi connectivity index (χ0v) is 8.59. The Kier molecular flexibility index (Phi) is 4.90. The number of rotatable bonds is 5. The minimum absolute atomic E-state index is 0.0647. The van der Waals surface area contributed by atoms with Gasteiger partial charge in [0.2, 0.25) is 0 Å². The summed E-state index contributed by atoms with van der Waals surface area (Å²) >= 11 is 0. The van der Waals surface area contributed by atoms with Crippen molar-refractivity contribution in [2.45, 2.75) is 45.7 Å². The number of nitrogens with zero attached hydrogens (tertiary/aromatic N) is 1. The lowest BCUT2D eigenvalue weighted by atomic mass is 10.1. The van der Waals surface area contributed by atoms with Gasteiger partial charge in [-0.15, -0.1) is 0 Å². The van der Waals surface area contributed by atoms with Crippen LogP contribution >= 0.6 is 0 Å².